The second-order valence-electron chi connectivity index (χ2n) is 6.26. The van der Waals surface area contributed by atoms with Crippen LogP contribution in [0.15, 0.2) is 29.2 Å². The zero-order valence-corrected chi connectivity index (χ0v) is 15.3. The Morgan fingerprint density at radius 3 is 2.48 bits per heavy atom. The maximum Gasteiger partial charge on any atom is 0.244 e. The quantitative estimate of drug-likeness (QED) is 0.785. The van der Waals surface area contributed by atoms with Crippen LogP contribution in [0, 0.1) is 5.92 Å². The molecule has 0 radical (unpaired) electrons. The SMILES string of the molecule is CC1CS(=O)(=O)N(c2ccc(S(=O)(=O)NCC3CCCO3)cc2)C1=O. The minimum Gasteiger partial charge on any atom is -0.377 e. The molecule has 2 saturated heterocycles. The molecule has 10 heteroatoms. The number of ether oxygens (including phenoxy) is 1. The molecule has 8 nitrogen and oxygen atoms in total. The van der Waals surface area contributed by atoms with E-state index in [0.29, 0.717) is 6.61 Å². The van der Waals surface area contributed by atoms with Crippen LogP contribution in [-0.2, 0) is 29.6 Å². The first-order valence-electron chi connectivity index (χ1n) is 7.99. The van der Waals surface area contributed by atoms with Gasteiger partial charge in [-0.15, -0.1) is 0 Å². The van der Waals surface area contributed by atoms with Crippen molar-refractivity contribution in [3.8, 4) is 0 Å². The molecule has 138 valence electrons. The Morgan fingerprint density at radius 2 is 1.96 bits per heavy atom. The summed E-state index contributed by atoms with van der Waals surface area (Å²) in [5, 5.41) is 0. The van der Waals surface area contributed by atoms with E-state index in [9.17, 15) is 21.6 Å². The van der Waals surface area contributed by atoms with Crippen LogP contribution in [0.1, 0.15) is 19.8 Å². The number of amides is 1. The number of nitrogens with one attached hydrogen (secondary N) is 1. The van der Waals surface area contributed by atoms with Crippen LogP contribution in [0.25, 0.3) is 0 Å². The Bertz CT molecular complexity index is 858. The zero-order valence-electron chi connectivity index (χ0n) is 13.7. The van der Waals surface area contributed by atoms with Crippen LogP contribution in [-0.4, -0.2) is 47.8 Å². The van der Waals surface area contributed by atoms with Crippen molar-refractivity contribution in [1.82, 2.24) is 4.72 Å². The lowest BCUT2D eigenvalue weighted by Gasteiger charge is -2.16. The summed E-state index contributed by atoms with van der Waals surface area (Å²) in [4.78, 5) is 12.1. The van der Waals surface area contributed by atoms with Crippen molar-refractivity contribution < 1.29 is 26.4 Å². The predicted molar refractivity (Wildman–Crippen MR) is 91.0 cm³/mol. The molecule has 2 unspecified atom stereocenters. The van der Waals surface area contributed by atoms with Crippen LogP contribution in [0.4, 0.5) is 5.69 Å². The molecule has 2 aliphatic heterocycles. The second-order valence-corrected chi connectivity index (χ2v) is 9.89. The molecular weight excluding hydrogens is 368 g/mol. The van der Waals surface area contributed by atoms with Crippen molar-refractivity contribution in [3.05, 3.63) is 24.3 Å². The third-order valence-corrected chi connectivity index (χ3v) is 7.57. The van der Waals surface area contributed by atoms with E-state index in [1.807, 2.05) is 0 Å². The normalized spacial score (nSPS) is 26.3. The van der Waals surface area contributed by atoms with E-state index in [0.717, 1.165) is 17.1 Å². The van der Waals surface area contributed by atoms with Gasteiger partial charge < -0.3 is 4.74 Å². The first-order chi connectivity index (χ1) is 11.7. The number of benzene rings is 1. The highest BCUT2D eigenvalue weighted by atomic mass is 32.2. The molecule has 1 aromatic rings. The lowest BCUT2D eigenvalue weighted by atomic mass is 10.2. The number of carbonyl (C=O) groups excluding carboxylic acids is 1. The Hall–Kier alpha value is -1.49. The first-order valence-corrected chi connectivity index (χ1v) is 11.1. The highest BCUT2D eigenvalue weighted by molar-refractivity contribution is 7.94. The van der Waals surface area contributed by atoms with Gasteiger partial charge in [-0.25, -0.2) is 25.9 Å². The minimum atomic E-state index is -3.72. The molecule has 0 aliphatic carbocycles. The highest BCUT2D eigenvalue weighted by Gasteiger charge is 2.41. The van der Waals surface area contributed by atoms with Crippen LogP contribution in [0.3, 0.4) is 0 Å². The largest absolute Gasteiger partial charge is 0.377 e. The molecule has 0 bridgehead atoms. The van der Waals surface area contributed by atoms with Gasteiger partial charge in [0, 0.05) is 13.2 Å². The van der Waals surface area contributed by atoms with Gasteiger partial charge in [-0.1, -0.05) is 6.92 Å². The van der Waals surface area contributed by atoms with Crippen molar-refractivity contribution in [1.29, 1.82) is 0 Å². The lowest BCUT2D eigenvalue weighted by molar-refractivity contribution is -0.119. The predicted octanol–water partition coefficient (Wildman–Crippen LogP) is 0.456. The van der Waals surface area contributed by atoms with Gasteiger partial charge in [0.05, 0.1) is 28.4 Å². The molecule has 25 heavy (non-hydrogen) atoms. The van der Waals surface area contributed by atoms with E-state index in [1.165, 1.54) is 24.3 Å². The summed E-state index contributed by atoms with van der Waals surface area (Å²) >= 11 is 0. The van der Waals surface area contributed by atoms with E-state index in [-0.39, 0.29) is 29.0 Å². The Morgan fingerprint density at radius 1 is 1.28 bits per heavy atom. The van der Waals surface area contributed by atoms with Crippen molar-refractivity contribution in [2.24, 2.45) is 5.92 Å². The smallest absolute Gasteiger partial charge is 0.244 e. The summed E-state index contributed by atoms with van der Waals surface area (Å²) in [6.07, 6.45) is 1.61. The van der Waals surface area contributed by atoms with Gasteiger partial charge in [0.1, 0.15) is 0 Å². The molecule has 2 fully saturated rings. The molecule has 0 spiro atoms. The summed E-state index contributed by atoms with van der Waals surface area (Å²) < 4.78 is 57.4. The number of nitrogens with zero attached hydrogens (tertiary/aromatic N) is 1. The summed E-state index contributed by atoms with van der Waals surface area (Å²) in [7, 11) is -7.43. The van der Waals surface area contributed by atoms with E-state index in [1.54, 1.807) is 6.92 Å². The zero-order chi connectivity index (χ0) is 18.2. The fourth-order valence-electron chi connectivity index (χ4n) is 2.94. The van der Waals surface area contributed by atoms with Crippen molar-refractivity contribution in [2.45, 2.75) is 30.8 Å². The van der Waals surface area contributed by atoms with Crippen LogP contribution < -0.4 is 9.03 Å². The average molecular weight is 388 g/mol. The van der Waals surface area contributed by atoms with Gasteiger partial charge >= 0.3 is 0 Å². The topological polar surface area (TPSA) is 110 Å². The molecule has 3 rings (SSSR count). The summed E-state index contributed by atoms with van der Waals surface area (Å²) in [6.45, 7) is 2.38. The maximum atomic E-state index is 12.3. The van der Waals surface area contributed by atoms with E-state index >= 15 is 0 Å². The van der Waals surface area contributed by atoms with E-state index in [4.69, 9.17) is 4.74 Å². The lowest BCUT2D eigenvalue weighted by Crippen LogP contribution is -2.32. The highest BCUT2D eigenvalue weighted by Crippen LogP contribution is 2.29. The number of hydrogen-bond acceptors (Lipinski definition) is 6. The van der Waals surface area contributed by atoms with Gasteiger partial charge in [0.2, 0.25) is 26.0 Å². The number of carbonyl (C=O) groups is 1. The third kappa shape index (κ3) is 3.71. The molecule has 1 N–H and O–H groups in total. The monoisotopic (exact) mass is 388 g/mol. The number of hydrogen-bond donors (Lipinski definition) is 1. The van der Waals surface area contributed by atoms with E-state index in [2.05, 4.69) is 4.72 Å². The van der Waals surface area contributed by atoms with E-state index < -0.39 is 31.9 Å². The number of anilines is 1. The number of rotatable bonds is 5. The van der Waals surface area contributed by atoms with Crippen molar-refractivity contribution in [3.63, 3.8) is 0 Å². The molecule has 0 aromatic heterocycles. The Kier molecular flexibility index (Phi) is 4.89. The van der Waals surface area contributed by atoms with Crippen molar-refractivity contribution >= 4 is 31.6 Å². The van der Waals surface area contributed by atoms with Gasteiger partial charge in [-0.3, -0.25) is 4.79 Å². The molecule has 1 amide bonds. The molecular formula is C15H20N2O6S2. The fourth-order valence-corrected chi connectivity index (χ4v) is 5.83. The maximum absolute atomic E-state index is 12.3. The first kappa shape index (κ1) is 18.3. The van der Waals surface area contributed by atoms with Crippen LogP contribution >= 0.6 is 0 Å². The number of sulfonamides is 2. The second kappa shape index (κ2) is 6.67. The summed E-state index contributed by atoms with van der Waals surface area (Å²) in [5.74, 6) is -1.36. The minimum absolute atomic E-state index is 0.00587. The van der Waals surface area contributed by atoms with Gasteiger partial charge in [-0.2, -0.15) is 0 Å². The third-order valence-electron chi connectivity index (χ3n) is 4.27. The van der Waals surface area contributed by atoms with Crippen molar-refractivity contribution in [2.75, 3.05) is 23.2 Å². The van der Waals surface area contributed by atoms with Crippen LogP contribution in [0.5, 0.6) is 0 Å². The van der Waals surface area contributed by atoms with Gasteiger partial charge in [0.25, 0.3) is 0 Å². The Labute approximate surface area is 147 Å². The molecule has 0 saturated carbocycles. The van der Waals surface area contributed by atoms with Crippen LogP contribution in [0.2, 0.25) is 0 Å². The molecule has 2 heterocycles. The Balaban J connectivity index is 1.76. The van der Waals surface area contributed by atoms with Gasteiger partial charge in [0.15, 0.2) is 0 Å². The summed E-state index contributed by atoms with van der Waals surface area (Å²) in [5.41, 5.74) is 0.146. The standard InChI is InChI=1S/C15H20N2O6S2/c1-11-10-24(19,20)17(15(11)18)12-4-6-14(7-5-12)25(21,22)16-9-13-3-2-8-23-13/h4-7,11,13,16H,2-3,8-10H2,1H3. The fraction of sp³-hybridized carbons (Fsp3) is 0.533. The average Bonchev–Trinajstić information content (AvgIpc) is 3.12. The van der Waals surface area contributed by atoms with Gasteiger partial charge in [-0.05, 0) is 37.1 Å². The summed E-state index contributed by atoms with van der Waals surface area (Å²) in [6, 6.07) is 5.24. The molecule has 1 aromatic carbocycles. The molecule has 2 aliphatic rings. The molecule has 2 atom stereocenters.